The van der Waals surface area contributed by atoms with Crippen molar-refractivity contribution in [3.8, 4) is 17.2 Å². The van der Waals surface area contributed by atoms with Crippen LogP contribution in [-0.4, -0.2) is 39.3 Å². The molecule has 0 unspecified atom stereocenters. The third-order valence-electron chi connectivity index (χ3n) is 3.88. The van der Waals surface area contributed by atoms with Gasteiger partial charge in [0.2, 0.25) is 5.75 Å². The molecule has 1 aromatic rings. The summed E-state index contributed by atoms with van der Waals surface area (Å²) in [6.45, 7) is 3.23. The molecule has 0 radical (unpaired) electrons. The lowest BCUT2D eigenvalue weighted by Crippen LogP contribution is -2.24. The molecule has 1 heterocycles. The first kappa shape index (κ1) is 15.0. The van der Waals surface area contributed by atoms with Crippen molar-refractivity contribution in [1.29, 1.82) is 0 Å². The zero-order valence-electron chi connectivity index (χ0n) is 12.8. The Morgan fingerprint density at radius 2 is 1.50 bits per heavy atom. The van der Waals surface area contributed by atoms with E-state index in [1.165, 1.54) is 25.7 Å². The topological polar surface area (TPSA) is 30.9 Å². The van der Waals surface area contributed by atoms with Crippen LogP contribution in [0, 0.1) is 0 Å². The van der Waals surface area contributed by atoms with Gasteiger partial charge in [-0.1, -0.05) is 18.9 Å². The number of nitrogens with zero attached hydrogens (tertiary/aromatic N) is 1. The second-order valence-electron chi connectivity index (χ2n) is 5.18. The summed E-state index contributed by atoms with van der Waals surface area (Å²) in [7, 11) is 4.98. The molecule has 0 aliphatic carbocycles. The zero-order chi connectivity index (χ0) is 14.4. The fourth-order valence-corrected chi connectivity index (χ4v) is 2.82. The molecule has 1 saturated heterocycles. The van der Waals surface area contributed by atoms with Gasteiger partial charge in [-0.3, -0.25) is 4.90 Å². The number of hydrogen-bond donors (Lipinski definition) is 0. The van der Waals surface area contributed by atoms with Crippen LogP contribution in [0.1, 0.15) is 31.2 Å². The highest BCUT2D eigenvalue weighted by Crippen LogP contribution is 2.40. The summed E-state index contributed by atoms with van der Waals surface area (Å²) in [5.74, 6) is 2.18. The summed E-state index contributed by atoms with van der Waals surface area (Å²) in [5.41, 5.74) is 1.16. The van der Waals surface area contributed by atoms with Gasteiger partial charge in [-0.05, 0) is 32.0 Å². The number of methoxy groups -OCH3 is 3. The Kier molecular flexibility index (Phi) is 5.53. The molecule has 1 aliphatic rings. The molecule has 0 spiro atoms. The van der Waals surface area contributed by atoms with Gasteiger partial charge in [-0.25, -0.2) is 0 Å². The van der Waals surface area contributed by atoms with E-state index in [1.54, 1.807) is 21.3 Å². The number of ether oxygens (including phenoxy) is 3. The molecule has 1 aromatic carbocycles. The fourth-order valence-electron chi connectivity index (χ4n) is 2.82. The number of likely N-dealkylation sites (tertiary alicyclic amines) is 1. The molecule has 2 rings (SSSR count). The molecule has 112 valence electrons. The minimum absolute atomic E-state index is 0.683. The SMILES string of the molecule is COc1ccc(CN2CCCCCC2)c(OC)c1OC. The van der Waals surface area contributed by atoms with E-state index in [0.29, 0.717) is 11.5 Å². The van der Waals surface area contributed by atoms with Gasteiger partial charge in [0.25, 0.3) is 0 Å². The first-order chi connectivity index (χ1) is 9.80. The van der Waals surface area contributed by atoms with Gasteiger partial charge in [-0.15, -0.1) is 0 Å². The van der Waals surface area contributed by atoms with E-state index in [2.05, 4.69) is 11.0 Å². The van der Waals surface area contributed by atoms with Crippen molar-refractivity contribution in [1.82, 2.24) is 4.90 Å². The molecule has 0 N–H and O–H groups in total. The first-order valence-corrected chi connectivity index (χ1v) is 7.30. The lowest BCUT2D eigenvalue weighted by Gasteiger charge is -2.22. The Hall–Kier alpha value is -1.42. The molecule has 0 bridgehead atoms. The molecule has 1 fully saturated rings. The number of benzene rings is 1. The Bertz CT molecular complexity index is 426. The van der Waals surface area contributed by atoms with E-state index in [4.69, 9.17) is 14.2 Å². The van der Waals surface area contributed by atoms with Crippen LogP contribution in [0.15, 0.2) is 12.1 Å². The van der Waals surface area contributed by atoms with Crippen molar-refractivity contribution < 1.29 is 14.2 Å². The molecule has 1 aliphatic heterocycles. The standard InChI is InChI=1S/C16H25NO3/c1-18-14-9-8-13(15(19-2)16(14)20-3)12-17-10-6-4-5-7-11-17/h8-9H,4-7,10-12H2,1-3H3. The normalized spacial score (nSPS) is 16.6. The maximum absolute atomic E-state index is 5.55. The Morgan fingerprint density at radius 3 is 2.05 bits per heavy atom. The van der Waals surface area contributed by atoms with Gasteiger partial charge >= 0.3 is 0 Å². The van der Waals surface area contributed by atoms with Crippen LogP contribution in [-0.2, 0) is 6.54 Å². The second-order valence-corrected chi connectivity index (χ2v) is 5.18. The predicted molar refractivity (Wildman–Crippen MR) is 79.8 cm³/mol. The highest BCUT2D eigenvalue weighted by molar-refractivity contribution is 5.55. The monoisotopic (exact) mass is 279 g/mol. The molecule has 4 nitrogen and oxygen atoms in total. The maximum atomic E-state index is 5.55. The summed E-state index contributed by atoms with van der Waals surface area (Å²) in [6.07, 6.45) is 5.27. The molecular formula is C16H25NO3. The number of rotatable bonds is 5. The van der Waals surface area contributed by atoms with E-state index in [0.717, 1.165) is 30.9 Å². The van der Waals surface area contributed by atoms with Crippen LogP contribution in [0.3, 0.4) is 0 Å². The minimum atomic E-state index is 0.683. The van der Waals surface area contributed by atoms with Crippen molar-refractivity contribution in [3.63, 3.8) is 0 Å². The third-order valence-corrected chi connectivity index (χ3v) is 3.88. The van der Waals surface area contributed by atoms with E-state index < -0.39 is 0 Å². The zero-order valence-corrected chi connectivity index (χ0v) is 12.8. The summed E-state index contributed by atoms with van der Waals surface area (Å²) < 4.78 is 16.3. The third kappa shape index (κ3) is 3.37. The van der Waals surface area contributed by atoms with Crippen molar-refractivity contribution in [2.45, 2.75) is 32.2 Å². The Morgan fingerprint density at radius 1 is 0.850 bits per heavy atom. The predicted octanol–water partition coefficient (Wildman–Crippen LogP) is 3.09. The quantitative estimate of drug-likeness (QED) is 0.829. The summed E-state index contributed by atoms with van der Waals surface area (Å²) in [6, 6.07) is 4.03. The Labute approximate surface area is 121 Å². The molecule has 0 saturated carbocycles. The van der Waals surface area contributed by atoms with E-state index in [-0.39, 0.29) is 0 Å². The van der Waals surface area contributed by atoms with E-state index in [9.17, 15) is 0 Å². The first-order valence-electron chi connectivity index (χ1n) is 7.30. The molecule has 20 heavy (non-hydrogen) atoms. The largest absolute Gasteiger partial charge is 0.493 e. The second kappa shape index (κ2) is 7.39. The van der Waals surface area contributed by atoms with Crippen LogP contribution < -0.4 is 14.2 Å². The van der Waals surface area contributed by atoms with Gasteiger partial charge < -0.3 is 14.2 Å². The highest BCUT2D eigenvalue weighted by atomic mass is 16.5. The summed E-state index contributed by atoms with van der Waals surface area (Å²) >= 11 is 0. The van der Waals surface area contributed by atoms with Crippen LogP contribution in [0.25, 0.3) is 0 Å². The highest BCUT2D eigenvalue weighted by Gasteiger charge is 2.18. The van der Waals surface area contributed by atoms with Gasteiger partial charge in [0.15, 0.2) is 11.5 Å². The van der Waals surface area contributed by atoms with Crippen molar-refractivity contribution in [2.24, 2.45) is 0 Å². The van der Waals surface area contributed by atoms with Crippen LogP contribution in [0.4, 0.5) is 0 Å². The van der Waals surface area contributed by atoms with Gasteiger partial charge in [0.05, 0.1) is 21.3 Å². The lowest BCUT2D eigenvalue weighted by molar-refractivity contribution is 0.267. The van der Waals surface area contributed by atoms with Gasteiger partial charge in [0, 0.05) is 12.1 Å². The van der Waals surface area contributed by atoms with Crippen molar-refractivity contribution >= 4 is 0 Å². The van der Waals surface area contributed by atoms with Crippen LogP contribution >= 0.6 is 0 Å². The molecule has 4 heteroatoms. The van der Waals surface area contributed by atoms with Crippen molar-refractivity contribution in [2.75, 3.05) is 34.4 Å². The average Bonchev–Trinajstić information content (AvgIpc) is 2.75. The van der Waals surface area contributed by atoms with Gasteiger partial charge in [0.1, 0.15) is 0 Å². The summed E-state index contributed by atoms with van der Waals surface area (Å²) in [4.78, 5) is 2.50. The molecular weight excluding hydrogens is 254 g/mol. The summed E-state index contributed by atoms with van der Waals surface area (Å²) in [5, 5.41) is 0. The lowest BCUT2D eigenvalue weighted by atomic mass is 10.1. The van der Waals surface area contributed by atoms with Crippen molar-refractivity contribution in [3.05, 3.63) is 17.7 Å². The fraction of sp³-hybridized carbons (Fsp3) is 0.625. The average molecular weight is 279 g/mol. The van der Waals surface area contributed by atoms with Gasteiger partial charge in [-0.2, -0.15) is 0 Å². The number of hydrogen-bond acceptors (Lipinski definition) is 4. The minimum Gasteiger partial charge on any atom is -0.493 e. The molecule has 0 atom stereocenters. The molecule has 0 amide bonds. The Balaban J connectivity index is 2.21. The van der Waals surface area contributed by atoms with Crippen LogP contribution in [0.5, 0.6) is 17.2 Å². The maximum Gasteiger partial charge on any atom is 0.203 e. The van der Waals surface area contributed by atoms with Crippen LogP contribution in [0.2, 0.25) is 0 Å². The van der Waals surface area contributed by atoms with E-state index >= 15 is 0 Å². The molecule has 0 aromatic heterocycles. The van der Waals surface area contributed by atoms with E-state index in [1.807, 2.05) is 6.07 Å². The smallest absolute Gasteiger partial charge is 0.203 e.